The molecule has 2 heteroatoms. The predicted octanol–water partition coefficient (Wildman–Crippen LogP) is 3.05. The van der Waals surface area contributed by atoms with Crippen LogP contribution in [-0.4, -0.2) is 16.6 Å². The molecular weight excluding hydrogens is 418 g/mol. The fraction of sp³-hybridized carbons (Fsp3) is 0. The third-order valence-electron chi connectivity index (χ3n) is 3.34. The Bertz CT molecular complexity index is 569. The predicted molar refractivity (Wildman–Crippen MR) is 92.9 cm³/mol. The van der Waals surface area contributed by atoms with Crippen molar-refractivity contribution in [3.05, 3.63) is 91.0 Å². The fourth-order valence-electron chi connectivity index (χ4n) is 2.35. The molecule has 0 saturated carbocycles. The van der Waals surface area contributed by atoms with Crippen molar-refractivity contribution in [2.45, 2.75) is 0 Å². The summed E-state index contributed by atoms with van der Waals surface area (Å²) in [6.45, 7) is 0. The molecule has 0 aromatic heterocycles. The van der Waals surface area contributed by atoms with Gasteiger partial charge in [-0.15, -0.1) is 0 Å². The van der Waals surface area contributed by atoms with Crippen LogP contribution in [0, 0.1) is 0 Å². The third kappa shape index (κ3) is 2.57. The normalized spacial score (nSPS) is 11.2. The molecule has 3 aromatic rings. The summed E-state index contributed by atoms with van der Waals surface area (Å²) in [5, 5.41) is 0. The summed E-state index contributed by atoms with van der Waals surface area (Å²) in [6, 6.07) is 32.5. The van der Waals surface area contributed by atoms with Crippen molar-refractivity contribution in [2.24, 2.45) is 0 Å². The van der Waals surface area contributed by atoms with E-state index in [1.165, 1.54) is 10.5 Å². The molecule has 0 atom stereocenters. The van der Waals surface area contributed by atoms with Crippen LogP contribution in [0.2, 0.25) is 0 Å². The van der Waals surface area contributed by atoms with Crippen molar-refractivity contribution in [2.75, 3.05) is 0 Å². The first-order valence-electron chi connectivity index (χ1n) is 6.57. The van der Waals surface area contributed by atoms with Gasteiger partial charge >= 0.3 is 131 Å². The summed E-state index contributed by atoms with van der Waals surface area (Å²) in [5.41, 5.74) is 0. The molecule has 0 fully saturated rings. The zero-order chi connectivity index (χ0) is 13.8. The van der Waals surface area contributed by atoms with Gasteiger partial charge in [0, 0.05) is 0 Å². The summed E-state index contributed by atoms with van der Waals surface area (Å²) < 4.78 is 4.30. The summed E-state index contributed by atoms with van der Waals surface area (Å²) in [6.07, 6.45) is 0. The summed E-state index contributed by atoms with van der Waals surface area (Å²) >= 11 is 1.37. The maximum absolute atomic E-state index is 4.21. The molecule has 1 radical (unpaired) electrons. The zero-order valence-electron chi connectivity index (χ0n) is 11.0. The Morgan fingerprint density at radius 2 is 0.700 bits per heavy atom. The summed E-state index contributed by atoms with van der Waals surface area (Å²) in [5.74, 6) is 0. The molecule has 0 unspecified atom stereocenters. The van der Waals surface area contributed by atoms with Crippen molar-refractivity contribution in [1.82, 2.24) is 0 Å². The Hall–Kier alpha value is -1.04. The van der Waals surface area contributed by atoms with Crippen LogP contribution in [0.25, 0.3) is 0 Å². The quantitative estimate of drug-likeness (QED) is 0.558. The monoisotopic (exact) mass is 431 g/mol. The first-order chi connectivity index (χ1) is 9.82. The average molecular weight is 433 g/mol. The maximum atomic E-state index is 4.21. The second kappa shape index (κ2) is 6.16. The van der Waals surface area contributed by atoms with E-state index in [0.717, 1.165) is 0 Å². The Balaban J connectivity index is 2.24. The van der Waals surface area contributed by atoms with Crippen LogP contribution in [0.5, 0.6) is 0 Å². The molecule has 0 nitrogen and oxygen atoms in total. The van der Waals surface area contributed by atoms with Crippen molar-refractivity contribution in [3.63, 3.8) is 0 Å². The first-order valence-corrected chi connectivity index (χ1v) is 16.1. The van der Waals surface area contributed by atoms with Crippen molar-refractivity contribution >= 4 is 39.7 Å². The topological polar surface area (TPSA) is 0 Å². The van der Waals surface area contributed by atoms with Crippen molar-refractivity contribution in [1.29, 1.82) is 0 Å². The molecule has 20 heavy (non-hydrogen) atoms. The number of hydrogen-bond donors (Lipinski definition) is 0. The van der Waals surface area contributed by atoms with E-state index < -0.39 is 16.6 Å². The summed E-state index contributed by atoms with van der Waals surface area (Å²) in [7, 11) is 0. The molecule has 0 spiro atoms. The Kier molecular flexibility index (Phi) is 4.29. The van der Waals surface area contributed by atoms with E-state index in [2.05, 4.69) is 104 Å². The minimum atomic E-state index is -2.84. The molecule has 3 aromatic carbocycles. The van der Waals surface area contributed by atoms with Gasteiger partial charge in [-0.2, -0.15) is 0 Å². The zero-order valence-corrected chi connectivity index (χ0v) is 15.1. The van der Waals surface area contributed by atoms with E-state index >= 15 is 0 Å². The van der Waals surface area contributed by atoms with Crippen molar-refractivity contribution < 1.29 is 0 Å². The molecule has 0 aliphatic rings. The number of benzene rings is 3. The average Bonchev–Trinajstić information content (AvgIpc) is 2.56. The second-order valence-corrected chi connectivity index (χ2v) is 19.5. The number of rotatable bonds is 3. The van der Waals surface area contributed by atoms with Crippen LogP contribution in [-0.2, 0) is 0 Å². The van der Waals surface area contributed by atoms with Gasteiger partial charge in [0.05, 0.1) is 0 Å². The van der Waals surface area contributed by atoms with E-state index in [-0.39, 0.29) is 0 Å². The van der Waals surface area contributed by atoms with Gasteiger partial charge in [0.25, 0.3) is 0 Å². The molecule has 0 saturated heterocycles. The van der Waals surface area contributed by atoms with E-state index in [1.54, 1.807) is 0 Å². The van der Waals surface area contributed by atoms with Gasteiger partial charge in [-0.3, -0.25) is 0 Å². The van der Waals surface area contributed by atoms with Crippen LogP contribution in [0.4, 0.5) is 0 Å². The van der Waals surface area contributed by atoms with E-state index in [0.29, 0.717) is 0 Å². The Labute approximate surface area is 130 Å². The SMILES string of the molecule is [Br][Sb]([c]1ccccc1)([c]1ccccc1)[c]1ccccc1. The van der Waals surface area contributed by atoms with Gasteiger partial charge in [0.1, 0.15) is 0 Å². The molecule has 0 amide bonds. The third-order valence-corrected chi connectivity index (χ3v) is 20.2. The molecule has 3 rings (SSSR count). The standard InChI is InChI=1S/3C6H5.BrH.Sb/c3*1-2-4-6-5-3-1;;/h3*1-5H;1H;/q;;;;+1/p-1. The van der Waals surface area contributed by atoms with Gasteiger partial charge in [0.2, 0.25) is 0 Å². The van der Waals surface area contributed by atoms with Crippen LogP contribution in [0.3, 0.4) is 0 Å². The molecule has 0 bridgehead atoms. The van der Waals surface area contributed by atoms with Gasteiger partial charge in [-0.25, -0.2) is 0 Å². The molecule has 0 aliphatic carbocycles. The van der Waals surface area contributed by atoms with Gasteiger partial charge in [-0.05, 0) is 0 Å². The second-order valence-electron chi connectivity index (χ2n) is 4.60. The summed E-state index contributed by atoms with van der Waals surface area (Å²) in [4.78, 5) is 0. The first kappa shape index (κ1) is 13.9. The van der Waals surface area contributed by atoms with Gasteiger partial charge in [0.15, 0.2) is 0 Å². The van der Waals surface area contributed by atoms with Crippen LogP contribution in [0.15, 0.2) is 91.0 Å². The van der Waals surface area contributed by atoms with E-state index in [1.807, 2.05) is 0 Å². The molecule has 0 aliphatic heterocycles. The molecule has 0 heterocycles. The van der Waals surface area contributed by atoms with Gasteiger partial charge < -0.3 is 0 Å². The molecular formula is C18H15BrSb. The minimum absolute atomic E-state index is 1.43. The number of halogens is 1. The Morgan fingerprint density at radius 3 is 0.950 bits per heavy atom. The number of hydrogen-bond acceptors (Lipinski definition) is 0. The van der Waals surface area contributed by atoms with E-state index in [4.69, 9.17) is 0 Å². The van der Waals surface area contributed by atoms with Crippen LogP contribution in [0.1, 0.15) is 0 Å². The van der Waals surface area contributed by atoms with Gasteiger partial charge in [-0.1, -0.05) is 0 Å². The van der Waals surface area contributed by atoms with Crippen molar-refractivity contribution in [3.8, 4) is 0 Å². The van der Waals surface area contributed by atoms with E-state index in [9.17, 15) is 0 Å². The van der Waals surface area contributed by atoms with Crippen LogP contribution >= 0.6 is 12.6 Å². The van der Waals surface area contributed by atoms with Crippen LogP contribution < -0.4 is 10.5 Å². The Morgan fingerprint density at radius 1 is 0.450 bits per heavy atom. The molecule has 99 valence electrons. The fourth-order valence-corrected chi connectivity index (χ4v) is 14.6. The molecule has 0 N–H and O–H groups in total.